The standard InChI is InChI=1S/C10H10N4O/c1-7-5-12-9(6-11-7)10(15)8-3-4-14(2)13-8/h3-6H,1-2H3. The molecule has 0 aliphatic rings. The topological polar surface area (TPSA) is 60.7 Å². The number of hydrogen-bond donors (Lipinski definition) is 0. The Labute approximate surface area is 86.8 Å². The van der Waals surface area contributed by atoms with Crippen LogP contribution < -0.4 is 0 Å². The summed E-state index contributed by atoms with van der Waals surface area (Å²) in [5.74, 6) is -0.205. The average Bonchev–Trinajstić information content (AvgIpc) is 2.65. The molecule has 2 heterocycles. The fourth-order valence-electron chi connectivity index (χ4n) is 1.18. The highest BCUT2D eigenvalue weighted by molar-refractivity contribution is 6.06. The van der Waals surface area contributed by atoms with Crippen molar-refractivity contribution < 1.29 is 4.79 Å². The molecular formula is C10H10N4O. The van der Waals surface area contributed by atoms with E-state index in [0.717, 1.165) is 5.69 Å². The van der Waals surface area contributed by atoms with Gasteiger partial charge in [-0.3, -0.25) is 14.5 Å². The van der Waals surface area contributed by atoms with Crippen LogP contribution in [0.5, 0.6) is 0 Å². The minimum absolute atomic E-state index is 0.205. The van der Waals surface area contributed by atoms with Gasteiger partial charge in [0.25, 0.3) is 0 Å². The highest BCUT2D eigenvalue weighted by Gasteiger charge is 2.13. The fourth-order valence-corrected chi connectivity index (χ4v) is 1.18. The molecule has 2 aromatic heterocycles. The number of ketones is 1. The number of carbonyl (C=O) groups is 1. The van der Waals surface area contributed by atoms with Crippen LogP contribution in [0.2, 0.25) is 0 Å². The second-order valence-corrected chi connectivity index (χ2v) is 3.25. The molecule has 0 N–H and O–H groups in total. The van der Waals surface area contributed by atoms with Gasteiger partial charge in [0, 0.05) is 19.4 Å². The summed E-state index contributed by atoms with van der Waals surface area (Å²) >= 11 is 0. The Hall–Kier alpha value is -2.04. The molecule has 0 saturated carbocycles. The monoisotopic (exact) mass is 202 g/mol. The van der Waals surface area contributed by atoms with Crippen molar-refractivity contribution in [2.45, 2.75) is 6.92 Å². The van der Waals surface area contributed by atoms with Crippen molar-refractivity contribution in [1.29, 1.82) is 0 Å². The van der Waals surface area contributed by atoms with Gasteiger partial charge in [-0.1, -0.05) is 0 Å². The summed E-state index contributed by atoms with van der Waals surface area (Å²) in [6.07, 6.45) is 4.75. The van der Waals surface area contributed by atoms with E-state index in [0.29, 0.717) is 11.4 Å². The van der Waals surface area contributed by atoms with E-state index in [9.17, 15) is 4.79 Å². The van der Waals surface area contributed by atoms with Crippen LogP contribution in [0.25, 0.3) is 0 Å². The number of carbonyl (C=O) groups excluding carboxylic acids is 1. The Kier molecular flexibility index (Phi) is 2.29. The van der Waals surface area contributed by atoms with Gasteiger partial charge >= 0.3 is 0 Å². The Balaban J connectivity index is 2.32. The van der Waals surface area contributed by atoms with Crippen LogP contribution in [0.1, 0.15) is 21.9 Å². The highest BCUT2D eigenvalue weighted by Crippen LogP contribution is 2.03. The van der Waals surface area contributed by atoms with Crippen LogP contribution in [-0.2, 0) is 7.05 Å². The molecule has 76 valence electrons. The van der Waals surface area contributed by atoms with E-state index in [1.165, 1.54) is 6.20 Å². The number of aromatic nitrogens is 4. The summed E-state index contributed by atoms with van der Waals surface area (Å²) in [6, 6.07) is 1.66. The van der Waals surface area contributed by atoms with E-state index in [4.69, 9.17) is 0 Å². The van der Waals surface area contributed by atoms with Crippen molar-refractivity contribution in [1.82, 2.24) is 19.7 Å². The lowest BCUT2D eigenvalue weighted by Crippen LogP contribution is -2.06. The first-order valence-electron chi connectivity index (χ1n) is 4.50. The molecule has 5 heteroatoms. The van der Waals surface area contributed by atoms with Crippen LogP contribution in [0.4, 0.5) is 0 Å². The molecule has 2 rings (SSSR count). The molecule has 0 bridgehead atoms. The molecule has 0 spiro atoms. The third kappa shape index (κ3) is 1.90. The first-order chi connectivity index (χ1) is 7.16. The summed E-state index contributed by atoms with van der Waals surface area (Å²) in [7, 11) is 1.76. The van der Waals surface area contributed by atoms with Crippen LogP contribution in [0.15, 0.2) is 24.7 Å². The van der Waals surface area contributed by atoms with Gasteiger partial charge in [-0.15, -0.1) is 0 Å². The van der Waals surface area contributed by atoms with Crippen LogP contribution in [0, 0.1) is 6.92 Å². The molecule has 0 unspecified atom stereocenters. The Morgan fingerprint density at radius 3 is 2.60 bits per heavy atom. The number of hydrogen-bond acceptors (Lipinski definition) is 4. The van der Waals surface area contributed by atoms with E-state index in [-0.39, 0.29) is 5.78 Å². The minimum atomic E-state index is -0.205. The fraction of sp³-hybridized carbons (Fsp3) is 0.200. The van der Waals surface area contributed by atoms with Crippen molar-refractivity contribution in [2.24, 2.45) is 7.05 Å². The van der Waals surface area contributed by atoms with Crippen LogP contribution in [-0.4, -0.2) is 25.5 Å². The Morgan fingerprint density at radius 2 is 2.07 bits per heavy atom. The van der Waals surface area contributed by atoms with Crippen LogP contribution in [0.3, 0.4) is 0 Å². The van der Waals surface area contributed by atoms with Gasteiger partial charge in [0.05, 0.1) is 11.9 Å². The maximum absolute atomic E-state index is 11.8. The molecule has 5 nitrogen and oxygen atoms in total. The Morgan fingerprint density at radius 1 is 1.27 bits per heavy atom. The van der Waals surface area contributed by atoms with Crippen molar-refractivity contribution in [2.75, 3.05) is 0 Å². The van der Waals surface area contributed by atoms with Gasteiger partial charge in [0.1, 0.15) is 11.4 Å². The van der Waals surface area contributed by atoms with Crippen molar-refractivity contribution in [3.63, 3.8) is 0 Å². The molecular weight excluding hydrogens is 192 g/mol. The summed E-state index contributed by atoms with van der Waals surface area (Å²) in [5.41, 5.74) is 1.49. The predicted octanol–water partition coefficient (Wildman–Crippen LogP) is 0.750. The van der Waals surface area contributed by atoms with Gasteiger partial charge < -0.3 is 0 Å². The zero-order valence-corrected chi connectivity index (χ0v) is 8.51. The SMILES string of the molecule is Cc1cnc(C(=O)c2ccn(C)n2)cn1. The van der Waals surface area contributed by atoms with Crippen molar-refractivity contribution in [3.8, 4) is 0 Å². The number of rotatable bonds is 2. The second kappa shape index (κ2) is 3.61. The van der Waals surface area contributed by atoms with Crippen LogP contribution >= 0.6 is 0 Å². The summed E-state index contributed by atoms with van der Waals surface area (Å²) < 4.78 is 1.58. The molecule has 0 atom stereocenters. The highest BCUT2D eigenvalue weighted by atomic mass is 16.1. The van der Waals surface area contributed by atoms with Gasteiger partial charge in [0.2, 0.25) is 5.78 Å². The van der Waals surface area contributed by atoms with E-state index in [1.807, 2.05) is 6.92 Å². The predicted molar refractivity (Wildman–Crippen MR) is 53.4 cm³/mol. The lowest BCUT2D eigenvalue weighted by Gasteiger charge is -1.96. The number of aryl methyl sites for hydroxylation is 2. The average molecular weight is 202 g/mol. The third-order valence-electron chi connectivity index (χ3n) is 1.96. The maximum Gasteiger partial charge on any atom is 0.233 e. The molecule has 15 heavy (non-hydrogen) atoms. The lowest BCUT2D eigenvalue weighted by atomic mass is 10.2. The number of nitrogens with zero attached hydrogens (tertiary/aromatic N) is 4. The zero-order chi connectivity index (χ0) is 10.8. The smallest absolute Gasteiger partial charge is 0.233 e. The summed E-state index contributed by atoms with van der Waals surface area (Å²) in [5, 5.41) is 4.01. The first-order valence-corrected chi connectivity index (χ1v) is 4.50. The molecule has 0 amide bonds. The van der Waals surface area contributed by atoms with Gasteiger partial charge in [-0.2, -0.15) is 5.10 Å². The molecule has 0 radical (unpaired) electrons. The first kappa shape index (κ1) is 9.51. The minimum Gasteiger partial charge on any atom is -0.285 e. The van der Waals surface area contributed by atoms with E-state index >= 15 is 0 Å². The molecule has 0 aliphatic carbocycles. The third-order valence-corrected chi connectivity index (χ3v) is 1.96. The summed E-state index contributed by atoms with van der Waals surface area (Å²) in [6.45, 7) is 1.82. The molecule has 2 aromatic rings. The molecule has 0 aliphatic heterocycles. The summed E-state index contributed by atoms with van der Waals surface area (Å²) in [4.78, 5) is 19.8. The maximum atomic E-state index is 11.8. The normalized spacial score (nSPS) is 10.3. The zero-order valence-electron chi connectivity index (χ0n) is 8.51. The molecule has 0 aromatic carbocycles. The van der Waals surface area contributed by atoms with Gasteiger partial charge in [-0.05, 0) is 13.0 Å². The Bertz CT molecular complexity index is 486. The van der Waals surface area contributed by atoms with Gasteiger partial charge in [0.15, 0.2) is 0 Å². The van der Waals surface area contributed by atoms with Gasteiger partial charge in [-0.25, -0.2) is 4.98 Å². The molecule has 0 fully saturated rings. The molecule has 0 saturated heterocycles. The van der Waals surface area contributed by atoms with E-state index in [2.05, 4.69) is 15.1 Å². The quantitative estimate of drug-likeness (QED) is 0.674. The van der Waals surface area contributed by atoms with E-state index < -0.39 is 0 Å². The second-order valence-electron chi connectivity index (χ2n) is 3.25. The van der Waals surface area contributed by atoms with Crippen molar-refractivity contribution in [3.05, 3.63) is 41.7 Å². The van der Waals surface area contributed by atoms with E-state index in [1.54, 1.807) is 30.2 Å². The largest absolute Gasteiger partial charge is 0.285 e. The van der Waals surface area contributed by atoms with Crippen molar-refractivity contribution >= 4 is 5.78 Å². The lowest BCUT2D eigenvalue weighted by molar-refractivity contribution is 0.102.